The summed E-state index contributed by atoms with van der Waals surface area (Å²) < 4.78 is 2.96. The van der Waals surface area contributed by atoms with Gasteiger partial charge in [0.25, 0.3) is 0 Å². The molecule has 0 saturated heterocycles. The Bertz CT molecular complexity index is 470. The highest BCUT2D eigenvalue weighted by Gasteiger charge is 2.04. The van der Waals surface area contributed by atoms with Gasteiger partial charge >= 0.3 is 0 Å². The molecule has 1 rings (SSSR count). The van der Waals surface area contributed by atoms with Crippen molar-refractivity contribution in [2.24, 2.45) is 5.73 Å². The van der Waals surface area contributed by atoms with Crippen LogP contribution in [0.2, 0.25) is 0 Å². The molecule has 0 bridgehead atoms. The van der Waals surface area contributed by atoms with Crippen LogP contribution >= 0.6 is 24.2 Å². The van der Waals surface area contributed by atoms with Gasteiger partial charge in [0.1, 0.15) is 6.07 Å². The minimum Gasteiger partial charge on any atom is -0.384 e. The molecule has 0 atom stereocenters. The topological polar surface area (TPSA) is 85.9 Å². The fourth-order valence-electron chi connectivity index (χ4n) is 1.31. The molecule has 102 valence electrons. The fourth-order valence-corrected chi connectivity index (χ4v) is 2.07. The highest BCUT2D eigenvalue weighted by Crippen LogP contribution is 2.22. The summed E-state index contributed by atoms with van der Waals surface area (Å²) in [6, 6.07) is 7.82. The lowest BCUT2D eigenvalue weighted by atomic mass is 10.2. The summed E-state index contributed by atoms with van der Waals surface area (Å²) in [5.41, 5.74) is 6.87. The van der Waals surface area contributed by atoms with Gasteiger partial charge in [0.05, 0.1) is 11.3 Å². The van der Waals surface area contributed by atoms with Crippen LogP contribution in [0.1, 0.15) is 12.0 Å². The molecule has 0 aliphatic carbocycles. The molecule has 19 heavy (non-hydrogen) atoms. The number of thiocarbonyl (C=S) groups is 1. The van der Waals surface area contributed by atoms with Crippen LogP contribution in [-0.2, 0) is 0 Å². The van der Waals surface area contributed by atoms with Crippen LogP contribution in [0, 0.1) is 11.3 Å². The number of anilines is 1. The van der Waals surface area contributed by atoms with Crippen molar-refractivity contribution in [3.63, 3.8) is 0 Å². The lowest BCUT2D eigenvalue weighted by Gasteiger charge is -2.10. The third-order valence-electron chi connectivity index (χ3n) is 2.30. The molecule has 5 N–H and O–H groups in total. The molecule has 0 aromatic heterocycles. The Labute approximate surface area is 123 Å². The van der Waals surface area contributed by atoms with E-state index in [1.54, 1.807) is 7.05 Å². The predicted molar refractivity (Wildman–Crippen MR) is 84.0 cm³/mol. The van der Waals surface area contributed by atoms with Crippen LogP contribution in [0.15, 0.2) is 23.1 Å². The summed E-state index contributed by atoms with van der Waals surface area (Å²) in [6.07, 6.45) is 0.874. The van der Waals surface area contributed by atoms with Gasteiger partial charge in [-0.15, -0.1) is 0 Å². The standard InChI is InChI=1S/C12H17N5S2/c1-15-12(18)17-19-10-3-4-11(9(7-10)8-14)16-6-2-5-13/h3-4,7,16H,2,5-6,13H2,1H3,(H2,15,17,18). The van der Waals surface area contributed by atoms with Gasteiger partial charge in [-0.1, -0.05) is 0 Å². The molecule has 0 aliphatic heterocycles. The van der Waals surface area contributed by atoms with Crippen LogP contribution in [0.5, 0.6) is 0 Å². The normalized spacial score (nSPS) is 9.53. The van der Waals surface area contributed by atoms with Crippen LogP contribution in [-0.4, -0.2) is 25.2 Å². The van der Waals surface area contributed by atoms with E-state index in [0.29, 0.717) is 17.2 Å². The first-order valence-electron chi connectivity index (χ1n) is 5.84. The molecule has 5 nitrogen and oxygen atoms in total. The molecule has 0 heterocycles. The van der Waals surface area contributed by atoms with Crippen molar-refractivity contribution in [2.75, 3.05) is 25.5 Å². The van der Waals surface area contributed by atoms with Crippen molar-refractivity contribution >= 4 is 35.0 Å². The Morgan fingerprint density at radius 1 is 1.53 bits per heavy atom. The Kier molecular flexibility index (Phi) is 7.03. The number of nitriles is 1. The smallest absolute Gasteiger partial charge is 0.176 e. The minimum atomic E-state index is 0.550. The molecule has 1 aromatic rings. The second kappa shape index (κ2) is 8.58. The van der Waals surface area contributed by atoms with E-state index in [2.05, 4.69) is 21.4 Å². The third-order valence-corrected chi connectivity index (χ3v) is 3.53. The number of nitrogens with two attached hydrogens (primary N) is 1. The number of hydrogen-bond acceptors (Lipinski definition) is 5. The summed E-state index contributed by atoms with van der Waals surface area (Å²) in [4.78, 5) is 0.929. The number of hydrogen-bond donors (Lipinski definition) is 4. The van der Waals surface area contributed by atoms with E-state index in [1.807, 2.05) is 18.2 Å². The summed E-state index contributed by atoms with van der Waals surface area (Å²) >= 11 is 6.35. The number of nitrogens with zero attached hydrogens (tertiary/aromatic N) is 1. The Morgan fingerprint density at radius 3 is 2.95 bits per heavy atom. The zero-order valence-electron chi connectivity index (χ0n) is 10.7. The molecule has 0 spiro atoms. The van der Waals surface area contributed by atoms with Crippen molar-refractivity contribution in [1.29, 1.82) is 5.26 Å². The molecule has 0 saturated carbocycles. The van der Waals surface area contributed by atoms with E-state index in [0.717, 1.165) is 23.5 Å². The van der Waals surface area contributed by atoms with Gasteiger partial charge in [0.2, 0.25) is 0 Å². The maximum absolute atomic E-state index is 9.14. The van der Waals surface area contributed by atoms with Crippen LogP contribution in [0.4, 0.5) is 5.69 Å². The summed E-state index contributed by atoms with van der Waals surface area (Å²) in [6.45, 7) is 1.40. The Hall–Kier alpha value is -1.49. The predicted octanol–water partition coefficient (Wildman–Crippen LogP) is 1.42. The quantitative estimate of drug-likeness (QED) is 0.359. The number of nitrogens with one attached hydrogen (secondary N) is 3. The van der Waals surface area contributed by atoms with E-state index in [9.17, 15) is 0 Å². The Morgan fingerprint density at radius 2 is 2.32 bits per heavy atom. The highest BCUT2D eigenvalue weighted by atomic mass is 32.2. The second-order valence-electron chi connectivity index (χ2n) is 3.67. The monoisotopic (exact) mass is 295 g/mol. The number of rotatable bonds is 6. The first kappa shape index (κ1) is 15.6. The van der Waals surface area contributed by atoms with Crippen molar-refractivity contribution in [2.45, 2.75) is 11.3 Å². The molecular formula is C12H17N5S2. The van der Waals surface area contributed by atoms with Crippen LogP contribution < -0.4 is 21.1 Å². The lowest BCUT2D eigenvalue weighted by Crippen LogP contribution is -2.27. The first-order valence-corrected chi connectivity index (χ1v) is 7.06. The van der Waals surface area contributed by atoms with Gasteiger partial charge in [0, 0.05) is 18.5 Å². The summed E-state index contributed by atoms with van der Waals surface area (Å²) in [7, 11) is 1.75. The molecule has 7 heteroatoms. The molecule has 0 radical (unpaired) electrons. The molecule has 0 aliphatic rings. The zero-order valence-corrected chi connectivity index (χ0v) is 12.3. The maximum atomic E-state index is 9.14. The summed E-state index contributed by atoms with van der Waals surface area (Å²) in [5, 5.41) is 15.7. The van der Waals surface area contributed by atoms with Crippen molar-refractivity contribution < 1.29 is 0 Å². The highest BCUT2D eigenvalue weighted by molar-refractivity contribution is 7.99. The lowest BCUT2D eigenvalue weighted by molar-refractivity contribution is 0.874. The van der Waals surface area contributed by atoms with E-state index >= 15 is 0 Å². The SMILES string of the molecule is CNC(=S)NSc1ccc(NCCCN)c(C#N)c1. The van der Waals surface area contributed by atoms with Gasteiger partial charge in [0.15, 0.2) is 5.11 Å². The van der Waals surface area contributed by atoms with E-state index in [4.69, 9.17) is 23.2 Å². The summed E-state index contributed by atoms with van der Waals surface area (Å²) in [5.74, 6) is 0. The fraction of sp³-hybridized carbons (Fsp3) is 0.333. The van der Waals surface area contributed by atoms with Crippen LogP contribution in [0.25, 0.3) is 0 Å². The molecule has 1 aromatic carbocycles. The molecule has 0 unspecified atom stereocenters. The maximum Gasteiger partial charge on any atom is 0.176 e. The zero-order chi connectivity index (χ0) is 14.1. The van der Waals surface area contributed by atoms with Crippen LogP contribution in [0.3, 0.4) is 0 Å². The Balaban J connectivity index is 2.67. The molecule has 0 amide bonds. The van der Waals surface area contributed by atoms with Gasteiger partial charge in [-0.25, -0.2) is 0 Å². The molecule has 0 fully saturated rings. The van der Waals surface area contributed by atoms with Gasteiger partial charge < -0.3 is 21.1 Å². The average Bonchev–Trinajstić information content (AvgIpc) is 2.45. The van der Waals surface area contributed by atoms with Gasteiger partial charge in [-0.05, 0) is 55.3 Å². The first-order chi connectivity index (χ1) is 9.21. The van der Waals surface area contributed by atoms with E-state index < -0.39 is 0 Å². The van der Waals surface area contributed by atoms with Crippen molar-refractivity contribution in [1.82, 2.24) is 10.0 Å². The number of benzene rings is 1. The minimum absolute atomic E-state index is 0.550. The van der Waals surface area contributed by atoms with E-state index in [1.165, 1.54) is 11.9 Å². The largest absolute Gasteiger partial charge is 0.384 e. The average molecular weight is 295 g/mol. The van der Waals surface area contributed by atoms with Gasteiger partial charge in [-0.3, -0.25) is 0 Å². The van der Waals surface area contributed by atoms with Crippen molar-refractivity contribution in [3.05, 3.63) is 23.8 Å². The molecular weight excluding hydrogens is 278 g/mol. The third kappa shape index (κ3) is 5.34. The van der Waals surface area contributed by atoms with Gasteiger partial charge in [-0.2, -0.15) is 5.26 Å². The van der Waals surface area contributed by atoms with Crippen molar-refractivity contribution in [3.8, 4) is 6.07 Å². The second-order valence-corrected chi connectivity index (χ2v) is 4.96. The van der Waals surface area contributed by atoms with E-state index in [-0.39, 0.29) is 0 Å².